The number of fused-ring (bicyclic) bond motifs is 1. The van der Waals surface area contributed by atoms with Crippen molar-refractivity contribution in [3.8, 4) is 5.69 Å². The molecule has 1 aliphatic rings. The molecule has 192 valence electrons. The van der Waals surface area contributed by atoms with Gasteiger partial charge >= 0.3 is 0 Å². The van der Waals surface area contributed by atoms with E-state index in [4.69, 9.17) is 9.72 Å². The Bertz CT molecular complexity index is 1200. The number of halogens is 1. The molecule has 9 heteroatoms. The first kappa shape index (κ1) is 26.3. The van der Waals surface area contributed by atoms with Gasteiger partial charge in [0.15, 0.2) is 5.16 Å². The van der Waals surface area contributed by atoms with E-state index in [1.54, 1.807) is 22.8 Å². The number of hydrogen-bond donors (Lipinski definition) is 1. The van der Waals surface area contributed by atoms with Gasteiger partial charge in [0.05, 0.1) is 29.8 Å². The molecule has 1 amide bonds. The summed E-state index contributed by atoms with van der Waals surface area (Å²) in [6, 6.07) is 13.1. The molecule has 3 aromatic rings. The molecule has 0 atom stereocenters. The highest BCUT2D eigenvalue weighted by Crippen LogP contribution is 2.23. The van der Waals surface area contributed by atoms with Gasteiger partial charge in [0.1, 0.15) is 5.82 Å². The van der Waals surface area contributed by atoms with Gasteiger partial charge in [-0.05, 0) is 62.2 Å². The number of ether oxygens (including phenoxy) is 1. The summed E-state index contributed by atoms with van der Waals surface area (Å²) in [4.78, 5) is 32.4. The number of unbranched alkanes of at least 4 members (excludes halogenated alkanes) is 2. The summed E-state index contributed by atoms with van der Waals surface area (Å²) in [5.74, 6) is 0.523. The van der Waals surface area contributed by atoms with E-state index >= 15 is 0 Å². The maximum Gasteiger partial charge on any atom is 0.266 e. The largest absolute Gasteiger partial charge is 0.379 e. The van der Waals surface area contributed by atoms with Crippen molar-refractivity contribution in [3.63, 3.8) is 0 Å². The van der Waals surface area contributed by atoms with E-state index in [1.807, 2.05) is 18.2 Å². The number of morpholine rings is 1. The number of carbonyl (C=O) groups is 1. The standard InChI is InChI=1S/C27H33FN4O3S/c28-21-10-12-22(13-11-21)32-26(34)23-7-3-4-8-24(23)30-27(32)36-20-5-1-2-9-25(33)29-14-6-15-31-16-18-35-19-17-31/h3-4,7-8,10-13H,1-2,5-6,9,14-20H2,(H,29,33). The van der Waals surface area contributed by atoms with E-state index in [2.05, 4.69) is 10.2 Å². The zero-order valence-electron chi connectivity index (χ0n) is 20.5. The van der Waals surface area contributed by atoms with Crippen molar-refractivity contribution in [2.45, 2.75) is 37.3 Å². The highest BCUT2D eigenvalue weighted by Gasteiger charge is 2.14. The van der Waals surface area contributed by atoms with Crippen LogP contribution in [0.4, 0.5) is 4.39 Å². The van der Waals surface area contributed by atoms with Crippen molar-refractivity contribution >= 4 is 28.6 Å². The second kappa shape index (κ2) is 13.5. The maximum absolute atomic E-state index is 13.5. The molecule has 1 fully saturated rings. The number of benzene rings is 2. The summed E-state index contributed by atoms with van der Waals surface area (Å²) in [5.41, 5.74) is 1.07. The second-order valence-corrected chi connectivity index (χ2v) is 9.91. The normalized spacial score (nSPS) is 14.2. The van der Waals surface area contributed by atoms with Crippen LogP contribution in [0.3, 0.4) is 0 Å². The number of hydrogen-bond acceptors (Lipinski definition) is 6. The molecule has 0 bridgehead atoms. The van der Waals surface area contributed by atoms with Crippen LogP contribution in [0.15, 0.2) is 58.5 Å². The molecule has 0 saturated carbocycles. The maximum atomic E-state index is 13.5. The first-order chi connectivity index (χ1) is 17.6. The molecule has 0 aliphatic carbocycles. The number of thioether (sulfide) groups is 1. The molecule has 0 unspecified atom stereocenters. The van der Waals surface area contributed by atoms with Crippen molar-refractivity contribution in [1.29, 1.82) is 0 Å². The summed E-state index contributed by atoms with van der Waals surface area (Å²) in [7, 11) is 0. The molecule has 1 aromatic heterocycles. The van der Waals surface area contributed by atoms with E-state index in [9.17, 15) is 14.0 Å². The zero-order valence-corrected chi connectivity index (χ0v) is 21.3. The average molecular weight is 513 g/mol. The predicted molar refractivity (Wildman–Crippen MR) is 141 cm³/mol. The van der Waals surface area contributed by atoms with Crippen LogP contribution in [-0.2, 0) is 9.53 Å². The highest BCUT2D eigenvalue weighted by atomic mass is 32.2. The van der Waals surface area contributed by atoms with Crippen LogP contribution in [0, 0.1) is 5.82 Å². The van der Waals surface area contributed by atoms with Crippen LogP contribution in [0.5, 0.6) is 0 Å². The molecule has 1 saturated heterocycles. The van der Waals surface area contributed by atoms with Gasteiger partial charge in [-0.25, -0.2) is 9.37 Å². The molecule has 2 heterocycles. The summed E-state index contributed by atoms with van der Waals surface area (Å²) in [5, 5.41) is 4.13. The number of amides is 1. The van der Waals surface area contributed by atoms with Crippen LogP contribution in [0.25, 0.3) is 16.6 Å². The summed E-state index contributed by atoms with van der Waals surface area (Å²) in [6.45, 7) is 5.24. The third-order valence-corrected chi connectivity index (χ3v) is 7.21. The van der Waals surface area contributed by atoms with Gasteiger partial charge in [-0.1, -0.05) is 30.3 Å². The van der Waals surface area contributed by atoms with Gasteiger partial charge in [-0.3, -0.25) is 19.1 Å². The molecule has 1 N–H and O–H groups in total. The number of nitrogens with zero attached hydrogens (tertiary/aromatic N) is 3. The lowest BCUT2D eigenvalue weighted by molar-refractivity contribution is -0.121. The van der Waals surface area contributed by atoms with Crippen LogP contribution >= 0.6 is 11.8 Å². The fourth-order valence-electron chi connectivity index (χ4n) is 4.20. The zero-order chi connectivity index (χ0) is 25.2. The number of para-hydroxylation sites is 1. The number of carbonyl (C=O) groups excluding carboxylic acids is 1. The molecule has 0 spiro atoms. The van der Waals surface area contributed by atoms with Crippen LogP contribution < -0.4 is 10.9 Å². The lowest BCUT2D eigenvalue weighted by atomic mass is 10.2. The summed E-state index contributed by atoms with van der Waals surface area (Å²) >= 11 is 1.51. The van der Waals surface area contributed by atoms with E-state index in [0.29, 0.717) is 34.7 Å². The molecule has 1 aliphatic heterocycles. The first-order valence-electron chi connectivity index (χ1n) is 12.6. The lowest BCUT2D eigenvalue weighted by Crippen LogP contribution is -2.38. The minimum Gasteiger partial charge on any atom is -0.379 e. The van der Waals surface area contributed by atoms with E-state index < -0.39 is 0 Å². The fraction of sp³-hybridized carbons (Fsp3) is 0.444. The Morgan fingerprint density at radius 1 is 1.03 bits per heavy atom. The molecule has 4 rings (SSSR count). The summed E-state index contributed by atoms with van der Waals surface area (Å²) in [6.07, 6.45) is 4.13. The molecule has 36 heavy (non-hydrogen) atoms. The Hall–Kier alpha value is -2.75. The topological polar surface area (TPSA) is 76.5 Å². The van der Waals surface area contributed by atoms with E-state index in [-0.39, 0.29) is 17.3 Å². The summed E-state index contributed by atoms with van der Waals surface area (Å²) < 4.78 is 20.4. The molecular weight excluding hydrogens is 479 g/mol. The van der Waals surface area contributed by atoms with Gasteiger partial charge in [-0.2, -0.15) is 0 Å². The molecule has 0 radical (unpaired) electrons. The third kappa shape index (κ3) is 7.38. The van der Waals surface area contributed by atoms with Gasteiger partial charge < -0.3 is 10.1 Å². The minimum absolute atomic E-state index is 0.103. The third-order valence-electron chi connectivity index (χ3n) is 6.19. The number of rotatable bonds is 12. The Morgan fingerprint density at radius 3 is 2.61 bits per heavy atom. The Balaban J connectivity index is 1.23. The minimum atomic E-state index is -0.351. The Morgan fingerprint density at radius 2 is 1.81 bits per heavy atom. The van der Waals surface area contributed by atoms with Crippen molar-refractivity contribution in [2.75, 3.05) is 45.1 Å². The molecule has 7 nitrogen and oxygen atoms in total. The van der Waals surface area contributed by atoms with Crippen molar-refractivity contribution in [1.82, 2.24) is 19.8 Å². The average Bonchev–Trinajstić information content (AvgIpc) is 2.90. The first-order valence-corrected chi connectivity index (χ1v) is 13.6. The van der Waals surface area contributed by atoms with Gasteiger partial charge in [0.2, 0.25) is 5.91 Å². The van der Waals surface area contributed by atoms with Crippen LogP contribution in [-0.4, -0.2) is 65.5 Å². The Kier molecular flexibility index (Phi) is 9.89. The SMILES string of the molecule is O=C(CCCCCSc1nc2ccccc2c(=O)n1-c1ccc(F)cc1)NCCCN1CCOCC1. The predicted octanol–water partition coefficient (Wildman–Crippen LogP) is 4.02. The lowest BCUT2D eigenvalue weighted by Gasteiger charge is -2.26. The van der Waals surface area contributed by atoms with Gasteiger partial charge in [0, 0.05) is 31.8 Å². The van der Waals surface area contributed by atoms with Gasteiger partial charge in [0.25, 0.3) is 5.56 Å². The molecule has 2 aromatic carbocycles. The van der Waals surface area contributed by atoms with E-state index in [0.717, 1.165) is 64.3 Å². The number of aromatic nitrogens is 2. The van der Waals surface area contributed by atoms with Crippen LogP contribution in [0.1, 0.15) is 32.1 Å². The molecular formula is C27H33FN4O3S. The highest BCUT2D eigenvalue weighted by molar-refractivity contribution is 7.99. The van der Waals surface area contributed by atoms with Crippen molar-refractivity contribution < 1.29 is 13.9 Å². The smallest absolute Gasteiger partial charge is 0.266 e. The van der Waals surface area contributed by atoms with Gasteiger partial charge in [-0.15, -0.1) is 0 Å². The van der Waals surface area contributed by atoms with Crippen LogP contribution in [0.2, 0.25) is 0 Å². The quantitative estimate of drug-likeness (QED) is 0.225. The van der Waals surface area contributed by atoms with Crippen molar-refractivity contribution in [3.05, 3.63) is 64.7 Å². The fourth-order valence-corrected chi connectivity index (χ4v) is 5.21. The second-order valence-electron chi connectivity index (χ2n) is 8.85. The Labute approximate surface area is 215 Å². The van der Waals surface area contributed by atoms with E-state index in [1.165, 1.54) is 23.9 Å². The van der Waals surface area contributed by atoms with Crippen molar-refractivity contribution in [2.24, 2.45) is 0 Å². The number of nitrogens with one attached hydrogen (secondary N) is 1. The monoisotopic (exact) mass is 512 g/mol.